The van der Waals surface area contributed by atoms with E-state index in [0.29, 0.717) is 0 Å². The van der Waals surface area contributed by atoms with E-state index in [-0.39, 0.29) is 0 Å². The quantitative estimate of drug-likeness (QED) is 0.446. The van der Waals surface area contributed by atoms with E-state index >= 15 is 0 Å². The van der Waals surface area contributed by atoms with Gasteiger partial charge in [0.25, 0.3) is 0 Å². The molecule has 1 rings (SSSR count). The SMILES string of the molecule is CCCCCCC(C)=CCCNC1CC1. The van der Waals surface area contributed by atoms with Gasteiger partial charge in [0.05, 0.1) is 0 Å². The average molecular weight is 209 g/mol. The topological polar surface area (TPSA) is 12.0 Å². The van der Waals surface area contributed by atoms with Crippen molar-refractivity contribution in [3.63, 3.8) is 0 Å². The minimum atomic E-state index is 0.864. The molecule has 0 aromatic heterocycles. The minimum absolute atomic E-state index is 0.864. The molecule has 0 amide bonds. The maximum atomic E-state index is 3.54. The summed E-state index contributed by atoms with van der Waals surface area (Å²) in [5, 5.41) is 3.54. The fourth-order valence-corrected chi connectivity index (χ4v) is 1.83. The summed E-state index contributed by atoms with van der Waals surface area (Å²) in [7, 11) is 0. The Morgan fingerprint density at radius 2 is 2.07 bits per heavy atom. The summed E-state index contributed by atoms with van der Waals surface area (Å²) in [6, 6.07) is 0.864. The molecule has 1 saturated carbocycles. The van der Waals surface area contributed by atoms with Crippen molar-refractivity contribution in [2.45, 2.75) is 71.3 Å². The Morgan fingerprint density at radius 1 is 1.27 bits per heavy atom. The molecule has 0 heterocycles. The van der Waals surface area contributed by atoms with Gasteiger partial charge in [0.1, 0.15) is 0 Å². The van der Waals surface area contributed by atoms with E-state index in [0.717, 1.165) is 6.04 Å². The van der Waals surface area contributed by atoms with E-state index in [9.17, 15) is 0 Å². The third-order valence-electron chi connectivity index (χ3n) is 3.07. The Morgan fingerprint density at radius 3 is 2.73 bits per heavy atom. The Kier molecular flexibility index (Phi) is 6.74. The number of unbranched alkanes of at least 4 members (excludes halogenated alkanes) is 3. The van der Waals surface area contributed by atoms with Gasteiger partial charge in [-0.1, -0.05) is 37.8 Å². The molecule has 1 aliphatic carbocycles. The lowest BCUT2D eigenvalue weighted by molar-refractivity contribution is 0.659. The first kappa shape index (κ1) is 12.8. The van der Waals surface area contributed by atoms with Crippen molar-refractivity contribution in [1.29, 1.82) is 0 Å². The van der Waals surface area contributed by atoms with E-state index in [1.54, 1.807) is 5.57 Å². The predicted octanol–water partition coefficient (Wildman–Crippen LogP) is 4.05. The van der Waals surface area contributed by atoms with Crippen molar-refractivity contribution < 1.29 is 0 Å². The minimum Gasteiger partial charge on any atom is -0.314 e. The average Bonchev–Trinajstić information content (AvgIpc) is 3.03. The van der Waals surface area contributed by atoms with Crippen LogP contribution < -0.4 is 5.32 Å². The van der Waals surface area contributed by atoms with Gasteiger partial charge < -0.3 is 5.32 Å². The highest BCUT2D eigenvalue weighted by atomic mass is 14.9. The van der Waals surface area contributed by atoms with Crippen molar-refractivity contribution in [2.75, 3.05) is 6.54 Å². The molecule has 0 atom stereocenters. The van der Waals surface area contributed by atoms with E-state index < -0.39 is 0 Å². The second-order valence-corrected chi connectivity index (χ2v) is 4.88. The van der Waals surface area contributed by atoms with Gasteiger partial charge in [-0.15, -0.1) is 0 Å². The molecule has 1 nitrogen and oxygen atoms in total. The first-order chi connectivity index (χ1) is 7.33. The van der Waals surface area contributed by atoms with E-state index in [4.69, 9.17) is 0 Å². The van der Waals surface area contributed by atoms with E-state index in [1.165, 1.54) is 57.9 Å². The summed E-state index contributed by atoms with van der Waals surface area (Å²) >= 11 is 0. The number of allylic oxidation sites excluding steroid dienone is 1. The molecule has 1 heteroatoms. The van der Waals surface area contributed by atoms with Crippen LogP contribution in [0.4, 0.5) is 0 Å². The summed E-state index contributed by atoms with van der Waals surface area (Å²) in [5.41, 5.74) is 1.59. The number of hydrogen-bond acceptors (Lipinski definition) is 1. The summed E-state index contributed by atoms with van der Waals surface area (Å²) in [6.45, 7) is 5.73. The maximum absolute atomic E-state index is 3.54. The molecule has 0 unspecified atom stereocenters. The van der Waals surface area contributed by atoms with Crippen LogP contribution in [0.25, 0.3) is 0 Å². The molecule has 0 aromatic rings. The smallest absolute Gasteiger partial charge is 0.00683 e. The number of nitrogens with one attached hydrogen (secondary N) is 1. The van der Waals surface area contributed by atoms with Crippen LogP contribution in [0, 0.1) is 0 Å². The maximum Gasteiger partial charge on any atom is 0.00683 e. The third kappa shape index (κ3) is 7.61. The summed E-state index contributed by atoms with van der Waals surface area (Å²) in [4.78, 5) is 0. The molecule has 15 heavy (non-hydrogen) atoms. The first-order valence-corrected chi connectivity index (χ1v) is 6.72. The van der Waals surface area contributed by atoms with Gasteiger partial charge in [-0.25, -0.2) is 0 Å². The van der Waals surface area contributed by atoms with Gasteiger partial charge in [-0.2, -0.15) is 0 Å². The molecular formula is C14H27N. The molecule has 1 aliphatic rings. The lowest BCUT2D eigenvalue weighted by Gasteiger charge is -2.02. The van der Waals surface area contributed by atoms with Crippen molar-refractivity contribution in [1.82, 2.24) is 5.32 Å². The molecule has 1 fully saturated rings. The highest BCUT2D eigenvalue weighted by Gasteiger charge is 2.19. The standard InChI is InChI=1S/C14H27N/c1-3-4-5-6-8-13(2)9-7-12-15-14-10-11-14/h9,14-15H,3-8,10-12H2,1-2H3. The van der Waals surface area contributed by atoms with Gasteiger partial charge >= 0.3 is 0 Å². The lowest BCUT2D eigenvalue weighted by Crippen LogP contribution is -2.16. The summed E-state index contributed by atoms with van der Waals surface area (Å²) in [5.74, 6) is 0. The molecule has 0 radical (unpaired) electrons. The number of hydrogen-bond donors (Lipinski definition) is 1. The van der Waals surface area contributed by atoms with Gasteiger partial charge in [0.15, 0.2) is 0 Å². The number of rotatable bonds is 9. The van der Waals surface area contributed by atoms with Gasteiger partial charge in [-0.3, -0.25) is 0 Å². The monoisotopic (exact) mass is 209 g/mol. The molecular weight excluding hydrogens is 182 g/mol. The van der Waals surface area contributed by atoms with Crippen LogP contribution in [0.2, 0.25) is 0 Å². The van der Waals surface area contributed by atoms with Crippen molar-refractivity contribution in [3.8, 4) is 0 Å². The van der Waals surface area contributed by atoms with E-state index in [2.05, 4.69) is 25.2 Å². The Bertz CT molecular complexity index is 180. The fraction of sp³-hybridized carbons (Fsp3) is 0.857. The van der Waals surface area contributed by atoms with Crippen LogP contribution in [0.3, 0.4) is 0 Å². The lowest BCUT2D eigenvalue weighted by atomic mass is 10.1. The molecule has 0 aromatic carbocycles. The fourth-order valence-electron chi connectivity index (χ4n) is 1.83. The largest absolute Gasteiger partial charge is 0.314 e. The predicted molar refractivity (Wildman–Crippen MR) is 68.2 cm³/mol. The molecule has 0 bridgehead atoms. The zero-order valence-corrected chi connectivity index (χ0v) is 10.5. The molecule has 1 N–H and O–H groups in total. The molecule has 0 spiro atoms. The van der Waals surface area contributed by atoms with Crippen LogP contribution in [-0.2, 0) is 0 Å². The first-order valence-electron chi connectivity index (χ1n) is 6.72. The van der Waals surface area contributed by atoms with Crippen LogP contribution in [0.1, 0.15) is 65.2 Å². The zero-order valence-electron chi connectivity index (χ0n) is 10.5. The van der Waals surface area contributed by atoms with Crippen molar-refractivity contribution in [3.05, 3.63) is 11.6 Å². The summed E-state index contributed by atoms with van der Waals surface area (Å²) in [6.07, 6.45) is 13.3. The second-order valence-electron chi connectivity index (χ2n) is 4.88. The molecule has 88 valence electrons. The van der Waals surface area contributed by atoms with Gasteiger partial charge in [-0.05, 0) is 45.6 Å². The van der Waals surface area contributed by atoms with Crippen LogP contribution in [0.15, 0.2) is 11.6 Å². The Balaban J connectivity index is 1.89. The van der Waals surface area contributed by atoms with Gasteiger partial charge in [0, 0.05) is 6.04 Å². The van der Waals surface area contributed by atoms with Crippen molar-refractivity contribution >= 4 is 0 Å². The van der Waals surface area contributed by atoms with Gasteiger partial charge in [0.2, 0.25) is 0 Å². The van der Waals surface area contributed by atoms with E-state index in [1.807, 2.05) is 0 Å². The highest BCUT2D eigenvalue weighted by molar-refractivity contribution is 4.98. The summed E-state index contributed by atoms with van der Waals surface area (Å²) < 4.78 is 0. The molecule has 0 saturated heterocycles. The second kappa shape index (κ2) is 7.92. The Labute approximate surface area is 95.3 Å². The van der Waals surface area contributed by atoms with Crippen LogP contribution in [0.5, 0.6) is 0 Å². The zero-order chi connectivity index (χ0) is 10.9. The highest BCUT2D eigenvalue weighted by Crippen LogP contribution is 2.18. The Hall–Kier alpha value is -0.300. The van der Waals surface area contributed by atoms with Crippen LogP contribution >= 0.6 is 0 Å². The van der Waals surface area contributed by atoms with Crippen molar-refractivity contribution in [2.24, 2.45) is 0 Å². The molecule has 0 aliphatic heterocycles. The normalized spacial score (nSPS) is 17.1. The van der Waals surface area contributed by atoms with Crippen LogP contribution in [-0.4, -0.2) is 12.6 Å². The third-order valence-corrected chi connectivity index (χ3v) is 3.07.